The summed E-state index contributed by atoms with van der Waals surface area (Å²) < 4.78 is 31.9. The summed E-state index contributed by atoms with van der Waals surface area (Å²) in [6.45, 7) is 1.33. The molecule has 10 heteroatoms. The second kappa shape index (κ2) is 9.13. The molecule has 1 aliphatic rings. The number of hydrogen-bond donors (Lipinski definition) is 1. The first kappa shape index (κ1) is 22.2. The molecule has 0 bridgehead atoms. The number of hydrogen-bond acceptors (Lipinski definition) is 5. The Balaban J connectivity index is 1.72. The molecule has 160 valence electrons. The number of amides is 2. The van der Waals surface area contributed by atoms with Crippen molar-refractivity contribution in [1.29, 1.82) is 0 Å². The van der Waals surface area contributed by atoms with Gasteiger partial charge in [0.15, 0.2) is 0 Å². The first-order chi connectivity index (χ1) is 14.2. The first-order valence-corrected chi connectivity index (χ1v) is 11.0. The summed E-state index contributed by atoms with van der Waals surface area (Å²) in [7, 11) is -0.376. The van der Waals surface area contributed by atoms with Gasteiger partial charge in [0.1, 0.15) is 0 Å². The first-order valence-electron chi connectivity index (χ1n) is 9.20. The molecular formula is C20H22ClN3O5S. The quantitative estimate of drug-likeness (QED) is 0.752. The minimum absolute atomic E-state index is 0.121. The van der Waals surface area contributed by atoms with E-state index in [1.807, 2.05) is 0 Å². The Bertz CT molecular complexity index is 1050. The fourth-order valence-corrected chi connectivity index (χ4v) is 4.59. The zero-order valence-corrected chi connectivity index (χ0v) is 18.2. The molecule has 0 atom stereocenters. The number of nitrogens with zero attached hydrogens (tertiary/aromatic N) is 2. The molecule has 3 rings (SSSR count). The molecule has 1 saturated heterocycles. The highest BCUT2D eigenvalue weighted by atomic mass is 35.5. The number of morpholine rings is 1. The van der Waals surface area contributed by atoms with Gasteiger partial charge in [0.05, 0.1) is 28.7 Å². The van der Waals surface area contributed by atoms with Gasteiger partial charge in [0, 0.05) is 38.4 Å². The Labute approximate surface area is 180 Å². The normalized spacial score (nSPS) is 14.9. The predicted molar refractivity (Wildman–Crippen MR) is 113 cm³/mol. The maximum Gasteiger partial charge on any atom is 0.255 e. The lowest BCUT2D eigenvalue weighted by Crippen LogP contribution is -2.40. The van der Waals surface area contributed by atoms with E-state index < -0.39 is 15.9 Å². The Morgan fingerprint density at radius 3 is 2.27 bits per heavy atom. The number of ether oxygens (including phenoxy) is 1. The van der Waals surface area contributed by atoms with E-state index in [0.717, 1.165) is 0 Å². The van der Waals surface area contributed by atoms with Crippen molar-refractivity contribution in [2.75, 3.05) is 45.7 Å². The Morgan fingerprint density at radius 2 is 1.70 bits per heavy atom. The maximum atomic E-state index is 12.7. The summed E-state index contributed by atoms with van der Waals surface area (Å²) >= 11 is 6.16. The average molecular weight is 452 g/mol. The third-order valence-electron chi connectivity index (χ3n) is 4.59. The Morgan fingerprint density at radius 1 is 1.07 bits per heavy atom. The van der Waals surface area contributed by atoms with Gasteiger partial charge < -0.3 is 15.0 Å². The molecule has 0 radical (unpaired) electrons. The lowest BCUT2D eigenvalue weighted by atomic mass is 10.1. The molecule has 1 heterocycles. The van der Waals surface area contributed by atoms with Crippen molar-refractivity contribution >= 4 is 39.1 Å². The molecule has 2 aromatic carbocycles. The van der Waals surface area contributed by atoms with Crippen LogP contribution in [0.4, 0.5) is 5.69 Å². The van der Waals surface area contributed by atoms with Crippen molar-refractivity contribution in [2.24, 2.45) is 0 Å². The number of carbonyl (C=O) groups is 2. The van der Waals surface area contributed by atoms with Gasteiger partial charge in [0.2, 0.25) is 10.0 Å². The molecule has 1 fully saturated rings. The number of sulfonamides is 1. The molecule has 2 aromatic rings. The second-order valence-corrected chi connectivity index (χ2v) is 9.23. The molecule has 0 aliphatic carbocycles. The average Bonchev–Trinajstić information content (AvgIpc) is 2.74. The van der Waals surface area contributed by atoms with Crippen molar-refractivity contribution < 1.29 is 22.7 Å². The molecule has 0 aromatic heterocycles. The number of carbonyl (C=O) groups excluding carboxylic acids is 2. The maximum absolute atomic E-state index is 12.7. The SMILES string of the molecule is CN(C)C(=O)c1ccc(NC(=O)c2ccc(S(=O)(=O)N3CCOCC3)cc2)cc1Cl. The van der Waals surface area contributed by atoms with E-state index in [0.29, 0.717) is 43.1 Å². The Hall–Kier alpha value is -2.46. The standard InChI is InChI=1S/C20H22ClN3O5S/c1-23(2)20(26)17-8-5-15(13-18(17)21)22-19(25)14-3-6-16(7-4-14)30(27,28)24-9-11-29-12-10-24/h3-8,13H,9-12H2,1-2H3,(H,22,25). The summed E-state index contributed by atoms with van der Waals surface area (Å²) in [5.41, 5.74) is 1.04. The topological polar surface area (TPSA) is 96.0 Å². The molecule has 0 saturated carbocycles. The Kier molecular flexibility index (Phi) is 6.77. The second-order valence-electron chi connectivity index (χ2n) is 6.89. The summed E-state index contributed by atoms with van der Waals surface area (Å²) in [5, 5.41) is 2.91. The third kappa shape index (κ3) is 4.81. The summed E-state index contributed by atoms with van der Waals surface area (Å²) in [5.74, 6) is -0.664. The van der Waals surface area contributed by atoms with E-state index in [4.69, 9.17) is 16.3 Å². The van der Waals surface area contributed by atoms with Gasteiger partial charge in [-0.25, -0.2) is 8.42 Å². The van der Waals surface area contributed by atoms with Crippen molar-refractivity contribution in [3.8, 4) is 0 Å². The zero-order chi connectivity index (χ0) is 21.9. The van der Waals surface area contributed by atoms with Gasteiger partial charge in [0.25, 0.3) is 11.8 Å². The van der Waals surface area contributed by atoms with E-state index in [9.17, 15) is 18.0 Å². The van der Waals surface area contributed by atoms with Gasteiger partial charge in [-0.05, 0) is 42.5 Å². The van der Waals surface area contributed by atoms with Crippen molar-refractivity contribution in [1.82, 2.24) is 9.21 Å². The van der Waals surface area contributed by atoms with Crippen molar-refractivity contribution in [2.45, 2.75) is 4.90 Å². The van der Waals surface area contributed by atoms with Gasteiger partial charge in [-0.1, -0.05) is 11.6 Å². The van der Waals surface area contributed by atoms with E-state index in [-0.39, 0.29) is 15.8 Å². The highest BCUT2D eigenvalue weighted by Gasteiger charge is 2.26. The van der Waals surface area contributed by atoms with Crippen LogP contribution >= 0.6 is 11.6 Å². The minimum atomic E-state index is -3.62. The fourth-order valence-electron chi connectivity index (χ4n) is 2.92. The molecule has 1 aliphatic heterocycles. The summed E-state index contributed by atoms with van der Waals surface area (Å²) in [4.78, 5) is 26.1. The van der Waals surface area contributed by atoms with E-state index in [2.05, 4.69) is 5.32 Å². The summed E-state index contributed by atoms with van der Waals surface area (Å²) in [6, 6.07) is 10.3. The number of benzene rings is 2. The predicted octanol–water partition coefficient (Wildman–Crippen LogP) is 2.31. The van der Waals surface area contributed by atoms with Crippen LogP contribution in [0.1, 0.15) is 20.7 Å². The summed E-state index contributed by atoms with van der Waals surface area (Å²) in [6.07, 6.45) is 0. The van der Waals surface area contributed by atoms with Crippen LogP contribution in [0.3, 0.4) is 0 Å². The monoisotopic (exact) mass is 451 g/mol. The highest BCUT2D eigenvalue weighted by molar-refractivity contribution is 7.89. The van der Waals surface area contributed by atoms with Crippen LogP contribution in [-0.4, -0.2) is 69.8 Å². The van der Waals surface area contributed by atoms with Crippen LogP contribution in [0, 0.1) is 0 Å². The fraction of sp³-hybridized carbons (Fsp3) is 0.300. The van der Waals surface area contributed by atoms with Crippen LogP contribution < -0.4 is 5.32 Å². The van der Waals surface area contributed by atoms with Gasteiger partial charge in [-0.3, -0.25) is 9.59 Å². The highest BCUT2D eigenvalue weighted by Crippen LogP contribution is 2.23. The third-order valence-corrected chi connectivity index (χ3v) is 6.81. The molecule has 8 nitrogen and oxygen atoms in total. The van der Waals surface area contributed by atoms with Crippen LogP contribution in [0.15, 0.2) is 47.4 Å². The van der Waals surface area contributed by atoms with Gasteiger partial charge in [-0.15, -0.1) is 0 Å². The van der Waals surface area contributed by atoms with E-state index in [1.54, 1.807) is 20.2 Å². The molecule has 0 spiro atoms. The largest absolute Gasteiger partial charge is 0.379 e. The lowest BCUT2D eigenvalue weighted by molar-refractivity contribution is 0.0730. The zero-order valence-electron chi connectivity index (χ0n) is 16.6. The van der Waals surface area contributed by atoms with Crippen LogP contribution in [0.25, 0.3) is 0 Å². The van der Waals surface area contributed by atoms with Crippen molar-refractivity contribution in [3.05, 3.63) is 58.6 Å². The minimum Gasteiger partial charge on any atom is -0.379 e. The van der Waals surface area contributed by atoms with E-state index in [1.165, 1.54) is 45.6 Å². The van der Waals surface area contributed by atoms with Crippen LogP contribution in [0.5, 0.6) is 0 Å². The number of nitrogens with one attached hydrogen (secondary N) is 1. The number of rotatable bonds is 5. The molecular weight excluding hydrogens is 430 g/mol. The smallest absolute Gasteiger partial charge is 0.255 e. The van der Waals surface area contributed by atoms with Crippen LogP contribution in [-0.2, 0) is 14.8 Å². The number of halogens is 1. The number of anilines is 1. The van der Waals surface area contributed by atoms with Gasteiger partial charge >= 0.3 is 0 Å². The molecule has 1 N–H and O–H groups in total. The van der Waals surface area contributed by atoms with E-state index >= 15 is 0 Å². The molecule has 0 unspecified atom stereocenters. The van der Waals surface area contributed by atoms with Gasteiger partial charge in [-0.2, -0.15) is 4.31 Å². The van der Waals surface area contributed by atoms with Crippen molar-refractivity contribution in [3.63, 3.8) is 0 Å². The van der Waals surface area contributed by atoms with Crippen LogP contribution in [0.2, 0.25) is 5.02 Å². The molecule has 2 amide bonds. The molecule has 30 heavy (non-hydrogen) atoms. The lowest BCUT2D eigenvalue weighted by Gasteiger charge is -2.26.